The van der Waals surface area contributed by atoms with E-state index in [0.717, 1.165) is 11.6 Å². The van der Waals surface area contributed by atoms with Gasteiger partial charge in [0.25, 0.3) is 5.91 Å². The van der Waals surface area contributed by atoms with Crippen LogP contribution in [-0.2, 0) is 11.3 Å². The Morgan fingerprint density at radius 1 is 1.32 bits per heavy atom. The molecule has 0 spiro atoms. The summed E-state index contributed by atoms with van der Waals surface area (Å²) >= 11 is 6.22. The summed E-state index contributed by atoms with van der Waals surface area (Å²) in [5, 5.41) is 6.30. The highest BCUT2D eigenvalue weighted by atomic mass is 35.5. The minimum Gasteiger partial charge on any atom is -0.499 e. The number of halogens is 2. The zero-order chi connectivity index (χ0) is 19.8. The molecule has 2 aliphatic rings. The lowest BCUT2D eigenvalue weighted by atomic mass is 10.1. The summed E-state index contributed by atoms with van der Waals surface area (Å²) in [6.07, 6.45) is 3.72. The number of nitrogens with zero attached hydrogens (tertiary/aromatic N) is 2. The third kappa shape index (κ3) is 3.18. The second-order valence-corrected chi connectivity index (χ2v) is 6.93. The summed E-state index contributed by atoms with van der Waals surface area (Å²) in [6.45, 7) is 0.867. The van der Waals surface area contributed by atoms with E-state index < -0.39 is 5.82 Å². The predicted octanol–water partition coefficient (Wildman–Crippen LogP) is 3.51. The maximum absolute atomic E-state index is 14.4. The van der Waals surface area contributed by atoms with Gasteiger partial charge in [-0.05, 0) is 30.4 Å². The van der Waals surface area contributed by atoms with Crippen molar-refractivity contribution in [2.24, 2.45) is 0 Å². The topological polar surface area (TPSA) is 66.5 Å². The first kappa shape index (κ1) is 18.3. The lowest BCUT2D eigenvalue weighted by Crippen LogP contribution is -2.28. The minimum absolute atomic E-state index is 0.210. The SMILES string of the molecule is COC1=CC=C(Nc2cc(-c3c(F)cccc3Cl)nc3c2C(=O)NC3)N(C)C1. The number of nitrogens with one attached hydrogen (secondary N) is 2. The van der Waals surface area contributed by atoms with Gasteiger partial charge in [0.15, 0.2) is 0 Å². The van der Waals surface area contributed by atoms with E-state index in [1.807, 2.05) is 24.1 Å². The number of rotatable bonds is 4. The van der Waals surface area contributed by atoms with Gasteiger partial charge in [0.05, 0.1) is 53.4 Å². The number of methoxy groups -OCH3 is 1. The smallest absolute Gasteiger partial charge is 0.255 e. The fourth-order valence-corrected chi connectivity index (χ4v) is 3.54. The largest absolute Gasteiger partial charge is 0.499 e. The molecule has 1 amide bonds. The quantitative estimate of drug-likeness (QED) is 0.822. The zero-order valence-corrected chi connectivity index (χ0v) is 16.1. The number of allylic oxidation sites excluding steroid dienone is 2. The normalized spacial score (nSPS) is 15.6. The molecule has 1 aromatic carbocycles. The predicted molar refractivity (Wildman–Crippen MR) is 105 cm³/mol. The van der Waals surface area contributed by atoms with E-state index in [4.69, 9.17) is 16.3 Å². The van der Waals surface area contributed by atoms with Crippen molar-refractivity contribution in [3.8, 4) is 11.3 Å². The molecule has 8 heteroatoms. The molecule has 4 rings (SSSR count). The first-order valence-electron chi connectivity index (χ1n) is 8.67. The zero-order valence-electron chi connectivity index (χ0n) is 15.3. The van der Waals surface area contributed by atoms with Crippen LogP contribution in [0.3, 0.4) is 0 Å². The second kappa shape index (κ2) is 7.16. The fourth-order valence-electron chi connectivity index (χ4n) is 3.28. The summed E-state index contributed by atoms with van der Waals surface area (Å²) in [6, 6.07) is 6.14. The highest BCUT2D eigenvalue weighted by Crippen LogP contribution is 2.35. The Morgan fingerprint density at radius 3 is 2.86 bits per heavy atom. The van der Waals surface area contributed by atoms with Crippen molar-refractivity contribution in [2.45, 2.75) is 6.54 Å². The molecule has 3 heterocycles. The molecule has 2 aliphatic heterocycles. The van der Waals surface area contributed by atoms with E-state index in [-0.39, 0.29) is 23.0 Å². The highest BCUT2D eigenvalue weighted by molar-refractivity contribution is 6.33. The van der Waals surface area contributed by atoms with E-state index in [1.165, 1.54) is 6.07 Å². The highest BCUT2D eigenvalue weighted by Gasteiger charge is 2.27. The third-order valence-corrected chi connectivity index (χ3v) is 5.03. The molecular formula is C20H18ClFN4O2. The molecule has 0 unspecified atom stereocenters. The number of pyridine rings is 1. The molecule has 0 fully saturated rings. The average Bonchev–Trinajstić information content (AvgIpc) is 3.04. The average molecular weight is 401 g/mol. The van der Waals surface area contributed by atoms with Crippen LogP contribution in [-0.4, -0.2) is 36.5 Å². The Morgan fingerprint density at radius 2 is 2.14 bits per heavy atom. The number of benzene rings is 1. The van der Waals surface area contributed by atoms with Gasteiger partial charge in [-0.25, -0.2) is 9.37 Å². The van der Waals surface area contributed by atoms with Crippen LogP contribution in [0.15, 0.2) is 48.0 Å². The first-order chi connectivity index (χ1) is 13.5. The number of ether oxygens (including phenoxy) is 1. The van der Waals surface area contributed by atoms with E-state index in [9.17, 15) is 9.18 Å². The lowest BCUT2D eigenvalue weighted by Gasteiger charge is -2.27. The molecule has 0 saturated carbocycles. The fraction of sp³-hybridized carbons (Fsp3) is 0.200. The number of hydrogen-bond acceptors (Lipinski definition) is 5. The molecule has 28 heavy (non-hydrogen) atoms. The van der Waals surface area contributed by atoms with Gasteiger partial charge >= 0.3 is 0 Å². The first-order valence-corrected chi connectivity index (χ1v) is 9.05. The third-order valence-electron chi connectivity index (χ3n) is 4.71. The summed E-state index contributed by atoms with van der Waals surface area (Å²) in [4.78, 5) is 18.8. The maximum atomic E-state index is 14.4. The Kier molecular flexibility index (Phi) is 4.68. The molecule has 2 aromatic rings. The molecule has 144 valence electrons. The maximum Gasteiger partial charge on any atom is 0.255 e. The van der Waals surface area contributed by atoms with Gasteiger partial charge < -0.3 is 20.3 Å². The lowest BCUT2D eigenvalue weighted by molar-refractivity contribution is 0.0966. The van der Waals surface area contributed by atoms with Crippen molar-refractivity contribution in [1.29, 1.82) is 0 Å². The number of aromatic nitrogens is 1. The number of fused-ring (bicyclic) bond motifs is 1. The van der Waals surface area contributed by atoms with Gasteiger partial charge in [-0.3, -0.25) is 4.79 Å². The Balaban J connectivity index is 1.81. The summed E-state index contributed by atoms with van der Waals surface area (Å²) in [7, 11) is 3.53. The van der Waals surface area contributed by atoms with Crippen LogP contribution in [0.4, 0.5) is 10.1 Å². The Hall–Kier alpha value is -3.06. The number of amides is 1. The van der Waals surface area contributed by atoms with E-state index in [0.29, 0.717) is 29.2 Å². The molecule has 0 atom stereocenters. The van der Waals surface area contributed by atoms with Gasteiger partial charge in [0.1, 0.15) is 17.4 Å². The van der Waals surface area contributed by atoms with Gasteiger partial charge in [-0.1, -0.05) is 17.7 Å². The monoisotopic (exact) mass is 400 g/mol. The number of likely N-dealkylation sites (N-methyl/N-ethyl adjacent to an activating group) is 1. The molecule has 6 nitrogen and oxygen atoms in total. The van der Waals surface area contributed by atoms with Crippen LogP contribution < -0.4 is 10.6 Å². The van der Waals surface area contributed by atoms with Crippen LogP contribution >= 0.6 is 11.6 Å². The molecular weight excluding hydrogens is 383 g/mol. The van der Waals surface area contributed by atoms with Crippen LogP contribution in [0, 0.1) is 5.82 Å². The van der Waals surface area contributed by atoms with Gasteiger partial charge in [0.2, 0.25) is 0 Å². The van der Waals surface area contributed by atoms with Crippen molar-refractivity contribution in [1.82, 2.24) is 15.2 Å². The van der Waals surface area contributed by atoms with E-state index in [1.54, 1.807) is 25.3 Å². The van der Waals surface area contributed by atoms with Gasteiger partial charge in [0, 0.05) is 7.05 Å². The van der Waals surface area contributed by atoms with Gasteiger partial charge in [-0.15, -0.1) is 0 Å². The summed E-state index contributed by atoms with van der Waals surface area (Å²) < 4.78 is 19.7. The van der Waals surface area contributed by atoms with Crippen molar-refractivity contribution in [2.75, 3.05) is 26.0 Å². The van der Waals surface area contributed by atoms with Crippen LogP contribution in [0.1, 0.15) is 16.1 Å². The van der Waals surface area contributed by atoms with Crippen molar-refractivity contribution >= 4 is 23.2 Å². The van der Waals surface area contributed by atoms with Crippen molar-refractivity contribution in [3.63, 3.8) is 0 Å². The number of carbonyl (C=O) groups is 1. The minimum atomic E-state index is -0.468. The second-order valence-electron chi connectivity index (χ2n) is 6.53. The van der Waals surface area contributed by atoms with E-state index in [2.05, 4.69) is 15.6 Å². The number of hydrogen-bond donors (Lipinski definition) is 2. The molecule has 0 saturated heterocycles. The molecule has 0 bridgehead atoms. The summed E-state index contributed by atoms with van der Waals surface area (Å²) in [5.41, 5.74) is 2.13. The molecule has 2 N–H and O–H groups in total. The molecule has 1 aromatic heterocycles. The number of anilines is 1. The van der Waals surface area contributed by atoms with Crippen LogP contribution in [0.5, 0.6) is 0 Å². The van der Waals surface area contributed by atoms with Gasteiger partial charge in [-0.2, -0.15) is 0 Å². The van der Waals surface area contributed by atoms with Crippen molar-refractivity contribution < 1.29 is 13.9 Å². The Labute approximate surface area is 166 Å². The molecule has 0 radical (unpaired) electrons. The standard InChI is InChI=1S/C20H18ClFN4O2/c1-26-10-11(28-2)6-7-17(26)25-15-8-14(18-12(21)4-3-5-13(18)22)24-16-9-23-20(27)19(15)16/h3-8H,9-10H2,1-2H3,(H,23,27)(H,24,25). The van der Waals surface area contributed by atoms with Crippen LogP contribution in [0.2, 0.25) is 5.02 Å². The Bertz CT molecular complexity index is 1010. The van der Waals surface area contributed by atoms with E-state index >= 15 is 0 Å². The number of carbonyl (C=O) groups excluding carboxylic acids is 1. The molecule has 0 aliphatic carbocycles. The summed E-state index contributed by atoms with van der Waals surface area (Å²) in [5.74, 6) is 0.914. The van der Waals surface area contributed by atoms with Crippen molar-refractivity contribution in [3.05, 3.63) is 70.1 Å². The van der Waals surface area contributed by atoms with Crippen LogP contribution in [0.25, 0.3) is 11.3 Å².